The second-order valence-corrected chi connectivity index (χ2v) is 7.25. The summed E-state index contributed by atoms with van der Waals surface area (Å²) in [6, 6.07) is 15.5. The van der Waals surface area contributed by atoms with Gasteiger partial charge in [0.2, 0.25) is 5.91 Å². The molecule has 1 aromatic heterocycles. The van der Waals surface area contributed by atoms with Crippen LogP contribution in [0.5, 0.6) is 0 Å². The number of aromatic nitrogens is 2. The van der Waals surface area contributed by atoms with Gasteiger partial charge >= 0.3 is 0 Å². The van der Waals surface area contributed by atoms with E-state index in [0.717, 1.165) is 28.6 Å². The average molecular weight is 391 g/mol. The monoisotopic (exact) mass is 391 g/mol. The van der Waals surface area contributed by atoms with Crippen LogP contribution in [0.15, 0.2) is 48.5 Å². The zero-order valence-corrected chi connectivity index (χ0v) is 16.5. The number of piperazine rings is 1. The van der Waals surface area contributed by atoms with Crippen molar-refractivity contribution >= 4 is 28.4 Å². The number of fused-ring (bicyclic) bond motifs is 1. The van der Waals surface area contributed by atoms with Crippen molar-refractivity contribution in [2.45, 2.75) is 13.3 Å². The topological polar surface area (TPSA) is 81.3 Å². The van der Waals surface area contributed by atoms with Crippen LogP contribution in [-0.2, 0) is 11.2 Å². The molecule has 3 aromatic rings. The Kier molecular flexibility index (Phi) is 5.57. The van der Waals surface area contributed by atoms with Crippen LogP contribution in [0.4, 0.5) is 5.69 Å². The third-order valence-corrected chi connectivity index (χ3v) is 5.37. The Morgan fingerprint density at radius 1 is 1.03 bits per heavy atom. The van der Waals surface area contributed by atoms with Gasteiger partial charge in [-0.3, -0.25) is 19.6 Å². The van der Waals surface area contributed by atoms with Crippen LogP contribution in [0, 0.1) is 0 Å². The summed E-state index contributed by atoms with van der Waals surface area (Å²) in [4.78, 5) is 29.2. The fraction of sp³-hybridized carbons (Fsp3) is 0.318. The Balaban J connectivity index is 1.32. The van der Waals surface area contributed by atoms with E-state index in [2.05, 4.69) is 27.3 Å². The molecule has 0 saturated carbocycles. The second kappa shape index (κ2) is 8.45. The molecule has 2 N–H and O–H groups in total. The molecule has 4 rings (SSSR count). The number of hydrogen-bond acceptors (Lipinski definition) is 4. The quantitative estimate of drug-likeness (QED) is 0.700. The van der Waals surface area contributed by atoms with E-state index >= 15 is 0 Å². The molecule has 0 radical (unpaired) electrons. The molecule has 0 bridgehead atoms. The number of hydrogen-bond donors (Lipinski definition) is 2. The average Bonchev–Trinajstić information content (AvgIpc) is 3.18. The number of benzene rings is 2. The van der Waals surface area contributed by atoms with Gasteiger partial charge in [0.15, 0.2) is 5.69 Å². The minimum Gasteiger partial charge on any atom is -0.335 e. The molecule has 1 saturated heterocycles. The molecule has 7 heteroatoms. The zero-order chi connectivity index (χ0) is 20.2. The van der Waals surface area contributed by atoms with Crippen LogP contribution in [0.2, 0.25) is 0 Å². The predicted octanol–water partition coefficient (Wildman–Crippen LogP) is 2.52. The molecule has 7 nitrogen and oxygen atoms in total. The van der Waals surface area contributed by atoms with Gasteiger partial charge in [-0.05, 0) is 24.1 Å². The summed E-state index contributed by atoms with van der Waals surface area (Å²) < 4.78 is 0. The lowest BCUT2D eigenvalue weighted by molar-refractivity contribution is -0.117. The van der Waals surface area contributed by atoms with E-state index in [1.54, 1.807) is 0 Å². The number of anilines is 1. The number of nitrogens with one attached hydrogen (secondary N) is 2. The SMILES string of the molecule is CCc1ccccc1NC(=O)CN1CCN(C(=O)c2n[nH]c3ccccc23)CC1. The highest BCUT2D eigenvalue weighted by Gasteiger charge is 2.26. The molecule has 0 unspecified atom stereocenters. The molecule has 2 heterocycles. The Morgan fingerprint density at radius 3 is 2.55 bits per heavy atom. The van der Waals surface area contributed by atoms with Gasteiger partial charge in [-0.15, -0.1) is 0 Å². The van der Waals surface area contributed by atoms with E-state index < -0.39 is 0 Å². The van der Waals surface area contributed by atoms with Gasteiger partial charge in [-0.2, -0.15) is 5.10 Å². The third-order valence-electron chi connectivity index (χ3n) is 5.37. The van der Waals surface area contributed by atoms with Gasteiger partial charge in [-0.25, -0.2) is 0 Å². The molecule has 0 aliphatic carbocycles. The maximum Gasteiger partial charge on any atom is 0.275 e. The van der Waals surface area contributed by atoms with Gasteiger partial charge in [0.05, 0.1) is 12.1 Å². The highest BCUT2D eigenvalue weighted by atomic mass is 16.2. The van der Waals surface area contributed by atoms with Crippen LogP contribution in [0.25, 0.3) is 10.9 Å². The molecule has 0 atom stereocenters. The maximum atomic E-state index is 12.9. The zero-order valence-electron chi connectivity index (χ0n) is 16.5. The summed E-state index contributed by atoms with van der Waals surface area (Å²) in [5.74, 6) is -0.0904. The summed E-state index contributed by atoms with van der Waals surface area (Å²) in [6.07, 6.45) is 0.874. The van der Waals surface area contributed by atoms with Crippen molar-refractivity contribution < 1.29 is 9.59 Å². The van der Waals surface area contributed by atoms with Crippen LogP contribution >= 0.6 is 0 Å². The highest BCUT2D eigenvalue weighted by Crippen LogP contribution is 2.18. The van der Waals surface area contributed by atoms with Crippen molar-refractivity contribution in [3.63, 3.8) is 0 Å². The number of amides is 2. The standard InChI is InChI=1S/C22H25N5O2/c1-2-16-7-3-5-9-18(16)23-20(28)15-26-11-13-27(14-12-26)22(29)21-17-8-4-6-10-19(17)24-25-21/h3-10H,2,11-15H2,1H3,(H,23,28)(H,24,25). The summed E-state index contributed by atoms with van der Waals surface area (Å²) in [5.41, 5.74) is 3.32. The van der Waals surface area contributed by atoms with Gasteiger partial charge in [0.1, 0.15) is 0 Å². The second-order valence-electron chi connectivity index (χ2n) is 7.25. The van der Waals surface area contributed by atoms with Gasteiger partial charge in [0.25, 0.3) is 5.91 Å². The molecular weight excluding hydrogens is 366 g/mol. The fourth-order valence-electron chi connectivity index (χ4n) is 3.73. The minimum atomic E-state index is -0.0663. The summed E-state index contributed by atoms with van der Waals surface area (Å²) in [6.45, 7) is 4.89. The Labute approximate surface area is 169 Å². The number of para-hydroxylation sites is 2. The normalized spacial score (nSPS) is 14.9. The van der Waals surface area contributed by atoms with E-state index in [1.165, 1.54) is 0 Å². The Bertz CT molecular complexity index is 1020. The summed E-state index contributed by atoms with van der Waals surface area (Å²) in [7, 11) is 0. The van der Waals surface area contributed by atoms with Crippen molar-refractivity contribution in [2.24, 2.45) is 0 Å². The minimum absolute atomic E-state index is 0.0241. The molecule has 2 aromatic carbocycles. The molecule has 1 aliphatic heterocycles. The van der Waals surface area contributed by atoms with E-state index in [1.807, 2.05) is 53.4 Å². The molecule has 150 valence electrons. The molecular formula is C22H25N5O2. The van der Waals surface area contributed by atoms with E-state index in [-0.39, 0.29) is 11.8 Å². The van der Waals surface area contributed by atoms with E-state index in [9.17, 15) is 9.59 Å². The number of rotatable bonds is 5. The molecule has 1 aliphatic rings. The number of carbonyl (C=O) groups excluding carboxylic acids is 2. The van der Waals surface area contributed by atoms with Crippen molar-refractivity contribution in [2.75, 3.05) is 38.0 Å². The van der Waals surface area contributed by atoms with Crippen LogP contribution < -0.4 is 5.32 Å². The van der Waals surface area contributed by atoms with Gasteiger partial charge < -0.3 is 10.2 Å². The van der Waals surface area contributed by atoms with Crippen molar-refractivity contribution in [1.29, 1.82) is 0 Å². The first kappa shape index (κ1) is 19.1. The fourth-order valence-corrected chi connectivity index (χ4v) is 3.73. The van der Waals surface area contributed by atoms with Crippen LogP contribution in [0.1, 0.15) is 23.0 Å². The number of aromatic amines is 1. The smallest absolute Gasteiger partial charge is 0.275 e. The molecule has 0 spiro atoms. The number of aryl methyl sites for hydroxylation is 1. The number of H-pyrrole nitrogens is 1. The van der Waals surface area contributed by atoms with Crippen LogP contribution in [-0.4, -0.2) is 64.5 Å². The molecule has 1 fully saturated rings. The van der Waals surface area contributed by atoms with Crippen molar-refractivity contribution in [1.82, 2.24) is 20.0 Å². The number of carbonyl (C=O) groups is 2. The Morgan fingerprint density at radius 2 is 1.76 bits per heavy atom. The van der Waals surface area contributed by atoms with Crippen molar-refractivity contribution in [3.05, 3.63) is 59.8 Å². The first-order valence-electron chi connectivity index (χ1n) is 9.98. The first-order chi connectivity index (χ1) is 14.2. The Hall–Kier alpha value is -3.19. The summed E-state index contributed by atoms with van der Waals surface area (Å²) in [5, 5.41) is 11.0. The third kappa shape index (κ3) is 4.14. The molecule has 29 heavy (non-hydrogen) atoms. The lowest BCUT2D eigenvalue weighted by Gasteiger charge is -2.34. The molecule has 2 amide bonds. The van der Waals surface area contributed by atoms with E-state index in [4.69, 9.17) is 0 Å². The largest absolute Gasteiger partial charge is 0.335 e. The van der Waals surface area contributed by atoms with Crippen molar-refractivity contribution in [3.8, 4) is 0 Å². The van der Waals surface area contributed by atoms with Crippen LogP contribution in [0.3, 0.4) is 0 Å². The predicted molar refractivity (Wildman–Crippen MR) is 113 cm³/mol. The number of nitrogens with zero attached hydrogens (tertiary/aromatic N) is 3. The lowest BCUT2D eigenvalue weighted by Crippen LogP contribution is -2.50. The first-order valence-corrected chi connectivity index (χ1v) is 9.98. The van der Waals surface area contributed by atoms with Gasteiger partial charge in [0, 0.05) is 37.3 Å². The highest BCUT2D eigenvalue weighted by molar-refractivity contribution is 6.04. The lowest BCUT2D eigenvalue weighted by atomic mass is 10.1. The van der Waals surface area contributed by atoms with Gasteiger partial charge in [-0.1, -0.05) is 43.3 Å². The maximum absolute atomic E-state index is 12.9. The van der Waals surface area contributed by atoms with E-state index in [0.29, 0.717) is 38.4 Å². The summed E-state index contributed by atoms with van der Waals surface area (Å²) >= 11 is 0.